The molecule has 5 amide bonds. The van der Waals surface area contributed by atoms with Gasteiger partial charge in [-0.2, -0.15) is 5.26 Å². The Balaban J connectivity index is 0.789. The number of carbonyl (C=O) groups excluding carboxylic acids is 5. The van der Waals surface area contributed by atoms with Crippen LogP contribution in [-0.4, -0.2) is 91.0 Å². The van der Waals surface area contributed by atoms with E-state index in [2.05, 4.69) is 54.2 Å². The molecule has 0 spiro atoms. The van der Waals surface area contributed by atoms with Gasteiger partial charge < -0.3 is 24.6 Å². The highest BCUT2D eigenvalue weighted by Gasteiger charge is 2.64. The molecular formula is C45H49ClN6O7. The van der Waals surface area contributed by atoms with Crippen LogP contribution < -0.4 is 25.2 Å². The highest BCUT2D eigenvalue weighted by molar-refractivity contribution is 6.31. The van der Waals surface area contributed by atoms with Gasteiger partial charge in [0.1, 0.15) is 24.0 Å². The second kappa shape index (κ2) is 15.6. The minimum absolute atomic E-state index is 0.0830. The predicted molar refractivity (Wildman–Crippen MR) is 221 cm³/mol. The van der Waals surface area contributed by atoms with Gasteiger partial charge in [-0.25, -0.2) is 0 Å². The van der Waals surface area contributed by atoms with E-state index < -0.39 is 29.7 Å². The molecule has 308 valence electrons. The lowest BCUT2D eigenvalue weighted by molar-refractivity contribution is -0.164. The number of imide groups is 2. The molecular weight excluding hydrogens is 772 g/mol. The second-order valence-electron chi connectivity index (χ2n) is 17.5. The number of fused-ring (bicyclic) bond motifs is 1. The van der Waals surface area contributed by atoms with Gasteiger partial charge in [0.25, 0.3) is 17.7 Å². The largest absolute Gasteiger partial charge is 0.489 e. The number of nitrogens with one attached hydrogen (secondary N) is 2. The summed E-state index contributed by atoms with van der Waals surface area (Å²) in [5.41, 5.74) is 2.76. The number of rotatable bonds is 9. The second-order valence-corrected chi connectivity index (χ2v) is 17.9. The number of anilines is 2. The molecule has 4 aliphatic heterocycles. The maximum atomic E-state index is 13.5. The summed E-state index contributed by atoms with van der Waals surface area (Å²) in [4.78, 5) is 69.5. The molecule has 2 N–H and O–H groups in total. The van der Waals surface area contributed by atoms with E-state index in [1.165, 1.54) is 0 Å². The van der Waals surface area contributed by atoms with Crippen LogP contribution in [0.25, 0.3) is 0 Å². The summed E-state index contributed by atoms with van der Waals surface area (Å²) in [6.07, 6.45) is 3.78. The lowest BCUT2D eigenvalue weighted by atomic mass is 9.49. The van der Waals surface area contributed by atoms with Crippen molar-refractivity contribution in [3.05, 3.63) is 87.9 Å². The Bertz CT molecular complexity index is 2220. The molecule has 1 aliphatic carbocycles. The minimum atomic E-state index is -0.985. The van der Waals surface area contributed by atoms with Crippen molar-refractivity contribution in [2.45, 2.75) is 96.6 Å². The van der Waals surface area contributed by atoms with Gasteiger partial charge in [0.05, 0.1) is 33.9 Å². The lowest BCUT2D eigenvalue weighted by Gasteiger charge is -2.63. The number of halogens is 1. The highest BCUT2D eigenvalue weighted by Crippen LogP contribution is 2.55. The normalized spacial score (nSPS) is 24.3. The van der Waals surface area contributed by atoms with Crippen molar-refractivity contribution in [3.63, 3.8) is 0 Å². The minimum Gasteiger partial charge on any atom is -0.489 e. The fourth-order valence-electron chi connectivity index (χ4n) is 10.1. The van der Waals surface area contributed by atoms with Crippen LogP contribution in [0.3, 0.4) is 0 Å². The number of nitriles is 1. The smallest absolute Gasteiger partial charge is 0.262 e. The Morgan fingerprint density at radius 3 is 1.98 bits per heavy atom. The number of ether oxygens (including phenoxy) is 2. The van der Waals surface area contributed by atoms with Gasteiger partial charge in [-0.1, -0.05) is 39.3 Å². The molecule has 13 nitrogen and oxygen atoms in total. The first-order chi connectivity index (χ1) is 28.1. The van der Waals surface area contributed by atoms with Crippen molar-refractivity contribution >= 4 is 52.5 Å². The van der Waals surface area contributed by atoms with Crippen molar-refractivity contribution in [1.29, 1.82) is 5.26 Å². The summed E-state index contributed by atoms with van der Waals surface area (Å²) in [6.45, 7) is 11.6. The Morgan fingerprint density at radius 2 is 1.39 bits per heavy atom. The zero-order chi connectivity index (χ0) is 41.8. The number of amides is 5. The Kier molecular flexibility index (Phi) is 10.7. The first-order valence-electron chi connectivity index (χ1n) is 20.4. The van der Waals surface area contributed by atoms with Crippen LogP contribution in [0, 0.1) is 22.2 Å². The van der Waals surface area contributed by atoms with Gasteiger partial charge in [0, 0.05) is 72.5 Å². The number of hydrogen-bond donors (Lipinski definition) is 2. The molecule has 4 heterocycles. The molecule has 0 radical (unpaired) electrons. The fraction of sp³-hybridized carbons (Fsp3) is 0.467. The maximum Gasteiger partial charge on any atom is 0.262 e. The molecule has 4 fully saturated rings. The van der Waals surface area contributed by atoms with Crippen molar-refractivity contribution in [2.24, 2.45) is 10.8 Å². The summed E-state index contributed by atoms with van der Waals surface area (Å²) >= 11 is 6.25. The van der Waals surface area contributed by atoms with Gasteiger partial charge in [0.15, 0.2) is 0 Å². The summed E-state index contributed by atoms with van der Waals surface area (Å²) in [6, 6.07) is 19.1. The third-order valence-electron chi connectivity index (χ3n) is 13.0. The van der Waals surface area contributed by atoms with Crippen molar-refractivity contribution in [2.75, 3.05) is 36.0 Å². The van der Waals surface area contributed by atoms with Crippen LogP contribution >= 0.6 is 11.6 Å². The Morgan fingerprint density at radius 1 is 0.797 bits per heavy atom. The van der Waals surface area contributed by atoms with Crippen LogP contribution in [-0.2, 0) is 14.3 Å². The van der Waals surface area contributed by atoms with Gasteiger partial charge >= 0.3 is 0 Å². The standard InChI is InChI=1S/C45H49ClN6O7/c1-44(2)42(45(3,4)43(44)59-32-11-7-27(25-47)35(46)24-32)49-38(54)26-5-8-28(9-6-26)50-19-15-30(16-20-50)58-31-17-21-51(22-18-31)29-10-12-33-34(23-29)41(57)52(40(33)56)36-13-14-37(53)48-39(36)55/h5-12,23-24,30-31,36,42-43H,13-22H2,1-4H3,(H,49,54)(H,48,53,55)/t36?,42-,43-. The number of piperidine rings is 3. The van der Waals surface area contributed by atoms with Crippen LogP contribution in [0.2, 0.25) is 5.02 Å². The molecule has 5 aliphatic rings. The van der Waals surface area contributed by atoms with Crippen LogP contribution in [0.1, 0.15) is 103 Å². The topological polar surface area (TPSA) is 161 Å². The monoisotopic (exact) mass is 820 g/mol. The highest BCUT2D eigenvalue weighted by atomic mass is 35.5. The molecule has 3 aromatic rings. The molecule has 3 saturated heterocycles. The van der Waals surface area contributed by atoms with E-state index in [-0.39, 0.29) is 65.1 Å². The van der Waals surface area contributed by atoms with E-state index in [1.54, 1.807) is 30.3 Å². The third kappa shape index (κ3) is 7.53. The van der Waals surface area contributed by atoms with Gasteiger partial charge in [-0.3, -0.25) is 34.2 Å². The molecule has 1 saturated carbocycles. The molecule has 59 heavy (non-hydrogen) atoms. The van der Waals surface area contributed by atoms with Crippen LogP contribution in [0.5, 0.6) is 5.75 Å². The van der Waals surface area contributed by atoms with E-state index in [1.807, 2.05) is 30.3 Å². The number of carbonyl (C=O) groups is 5. The summed E-state index contributed by atoms with van der Waals surface area (Å²) in [7, 11) is 0. The summed E-state index contributed by atoms with van der Waals surface area (Å²) in [5, 5.41) is 15.1. The Labute approximate surface area is 348 Å². The van der Waals surface area contributed by atoms with Crippen LogP contribution in [0.15, 0.2) is 60.7 Å². The van der Waals surface area contributed by atoms with Crippen molar-refractivity contribution in [3.8, 4) is 11.8 Å². The number of hydrogen-bond acceptors (Lipinski definition) is 10. The summed E-state index contributed by atoms with van der Waals surface area (Å²) < 4.78 is 13.0. The lowest BCUT2D eigenvalue weighted by Crippen LogP contribution is -2.74. The maximum absolute atomic E-state index is 13.5. The van der Waals surface area contributed by atoms with E-state index >= 15 is 0 Å². The molecule has 14 heteroatoms. The molecule has 0 bridgehead atoms. The van der Waals surface area contributed by atoms with E-state index in [4.69, 9.17) is 21.1 Å². The average molecular weight is 821 g/mol. The van der Waals surface area contributed by atoms with E-state index in [0.717, 1.165) is 68.1 Å². The predicted octanol–water partition coefficient (Wildman–Crippen LogP) is 5.88. The first-order valence-corrected chi connectivity index (χ1v) is 20.8. The zero-order valence-electron chi connectivity index (χ0n) is 33.8. The van der Waals surface area contributed by atoms with Crippen LogP contribution in [0.4, 0.5) is 11.4 Å². The molecule has 1 atom stereocenters. The third-order valence-corrected chi connectivity index (χ3v) is 13.3. The first kappa shape index (κ1) is 40.3. The fourth-order valence-corrected chi connectivity index (χ4v) is 10.3. The van der Waals surface area contributed by atoms with Crippen molar-refractivity contribution in [1.82, 2.24) is 15.5 Å². The molecule has 0 aromatic heterocycles. The Hall–Kier alpha value is -5.45. The quantitative estimate of drug-likeness (QED) is 0.250. The molecule has 8 rings (SSSR count). The number of nitrogens with zero attached hydrogens (tertiary/aromatic N) is 4. The van der Waals surface area contributed by atoms with Gasteiger partial charge in [-0.15, -0.1) is 0 Å². The molecule has 3 aromatic carbocycles. The zero-order valence-corrected chi connectivity index (χ0v) is 34.5. The SMILES string of the molecule is CC1(C)[C@H](NC(=O)c2ccc(N3CCC(OC4CCN(c5ccc6c(c5)C(=O)N(C5CCC(=O)NC5=O)C6=O)CC4)CC3)cc2)C(C)(C)[C@H]1Oc1ccc(C#N)c(Cl)c1. The van der Waals surface area contributed by atoms with Gasteiger partial charge in [0.2, 0.25) is 11.8 Å². The molecule has 1 unspecified atom stereocenters. The van der Waals surface area contributed by atoms with E-state index in [0.29, 0.717) is 21.9 Å². The average Bonchev–Trinajstić information content (AvgIpc) is 3.47. The van der Waals surface area contributed by atoms with E-state index in [9.17, 15) is 29.2 Å². The summed E-state index contributed by atoms with van der Waals surface area (Å²) in [5.74, 6) is -1.56. The number of benzene rings is 3. The van der Waals surface area contributed by atoms with Crippen molar-refractivity contribution < 1.29 is 33.4 Å². The van der Waals surface area contributed by atoms with Gasteiger partial charge in [-0.05, 0) is 86.7 Å².